The minimum Gasteiger partial charge on any atom is -0.366 e. The molecule has 0 saturated carbocycles. The van der Waals surface area contributed by atoms with Crippen LogP contribution in [0.25, 0.3) is 0 Å². The summed E-state index contributed by atoms with van der Waals surface area (Å²) >= 11 is 0. The van der Waals surface area contributed by atoms with E-state index in [-0.39, 0.29) is 5.91 Å². The highest BCUT2D eigenvalue weighted by atomic mass is 16.1. The van der Waals surface area contributed by atoms with Crippen molar-refractivity contribution in [1.29, 1.82) is 0 Å². The summed E-state index contributed by atoms with van der Waals surface area (Å²) in [6.07, 6.45) is 2.39. The van der Waals surface area contributed by atoms with E-state index >= 15 is 0 Å². The van der Waals surface area contributed by atoms with Crippen LogP contribution in [0.3, 0.4) is 0 Å². The van der Waals surface area contributed by atoms with E-state index in [9.17, 15) is 4.79 Å². The predicted octanol–water partition coefficient (Wildman–Crippen LogP) is 1.53. The highest BCUT2D eigenvalue weighted by Gasteiger charge is 1.93. The van der Waals surface area contributed by atoms with Gasteiger partial charge in [-0.15, -0.1) is 0 Å². The Morgan fingerprint density at radius 2 is 1.86 bits per heavy atom. The summed E-state index contributed by atoms with van der Waals surface area (Å²) in [5.41, 5.74) is 10.7. The molecule has 0 aliphatic carbocycles. The van der Waals surface area contributed by atoms with Gasteiger partial charge in [0.05, 0.1) is 0 Å². The summed E-state index contributed by atoms with van der Waals surface area (Å²) < 4.78 is 0. The standard InChI is InChI=1S/C7H7NO.C4H11N/c8-7(9)6-4-2-1-3-5-6;1-2-3-4-5/h1-5H,(H2,8,9);2-5H2,1H3. The van der Waals surface area contributed by atoms with Crippen LogP contribution in [0.2, 0.25) is 0 Å². The van der Waals surface area contributed by atoms with Gasteiger partial charge in [0, 0.05) is 5.56 Å². The van der Waals surface area contributed by atoms with Crippen LogP contribution in [0.15, 0.2) is 30.3 Å². The van der Waals surface area contributed by atoms with Crippen LogP contribution >= 0.6 is 0 Å². The number of primary amides is 1. The third-order valence-corrected chi connectivity index (χ3v) is 1.62. The molecule has 0 saturated heterocycles. The lowest BCUT2D eigenvalue weighted by Crippen LogP contribution is -2.09. The SMILES string of the molecule is CCCCN.NC(=O)c1ccccc1. The van der Waals surface area contributed by atoms with E-state index in [2.05, 4.69) is 6.92 Å². The van der Waals surface area contributed by atoms with E-state index in [1.165, 1.54) is 12.8 Å². The molecule has 0 fully saturated rings. The fourth-order valence-electron chi connectivity index (χ4n) is 0.807. The van der Waals surface area contributed by atoms with Crippen LogP contribution in [-0.4, -0.2) is 12.5 Å². The first-order valence-electron chi connectivity index (χ1n) is 4.77. The normalized spacial score (nSPS) is 8.71. The summed E-state index contributed by atoms with van der Waals surface area (Å²) in [5, 5.41) is 0. The van der Waals surface area contributed by atoms with Crippen molar-refractivity contribution in [2.24, 2.45) is 11.5 Å². The average molecular weight is 194 g/mol. The third-order valence-electron chi connectivity index (χ3n) is 1.62. The van der Waals surface area contributed by atoms with Crippen LogP contribution in [0.4, 0.5) is 0 Å². The molecule has 3 nitrogen and oxygen atoms in total. The molecule has 1 aromatic rings. The molecule has 1 rings (SSSR count). The van der Waals surface area contributed by atoms with Crippen molar-refractivity contribution < 1.29 is 4.79 Å². The van der Waals surface area contributed by atoms with Crippen molar-refractivity contribution in [3.63, 3.8) is 0 Å². The fourth-order valence-corrected chi connectivity index (χ4v) is 0.807. The maximum atomic E-state index is 10.4. The molecule has 4 N–H and O–H groups in total. The van der Waals surface area contributed by atoms with Gasteiger partial charge in [-0.05, 0) is 25.1 Å². The number of unbranched alkanes of at least 4 members (excludes halogenated alkanes) is 1. The first kappa shape index (κ1) is 12.7. The van der Waals surface area contributed by atoms with E-state index in [1.807, 2.05) is 6.07 Å². The third kappa shape index (κ3) is 6.20. The van der Waals surface area contributed by atoms with Crippen LogP contribution in [0, 0.1) is 0 Å². The van der Waals surface area contributed by atoms with Crippen LogP contribution < -0.4 is 11.5 Å². The molecule has 0 aliphatic heterocycles. The summed E-state index contributed by atoms with van der Waals surface area (Å²) in [4.78, 5) is 10.4. The van der Waals surface area contributed by atoms with Crippen molar-refractivity contribution in [3.05, 3.63) is 35.9 Å². The van der Waals surface area contributed by atoms with Gasteiger partial charge >= 0.3 is 0 Å². The first-order chi connectivity index (χ1) is 6.72. The molecule has 78 valence electrons. The van der Waals surface area contributed by atoms with Gasteiger partial charge in [0.25, 0.3) is 0 Å². The van der Waals surface area contributed by atoms with Gasteiger partial charge in [0.15, 0.2) is 0 Å². The predicted molar refractivity (Wildman–Crippen MR) is 58.9 cm³/mol. The molecule has 0 unspecified atom stereocenters. The Bertz CT molecular complexity index is 245. The minimum atomic E-state index is -0.379. The first-order valence-corrected chi connectivity index (χ1v) is 4.77. The van der Waals surface area contributed by atoms with Crippen molar-refractivity contribution >= 4 is 5.91 Å². The Labute approximate surface area is 85.1 Å². The van der Waals surface area contributed by atoms with Gasteiger partial charge in [-0.25, -0.2) is 0 Å². The molecular weight excluding hydrogens is 176 g/mol. The van der Waals surface area contributed by atoms with Crippen molar-refractivity contribution in [3.8, 4) is 0 Å². The van der Waals surface area contributed by atoms with Crippen molar-refractivity contribution in [2.45, 2.75) is 19.8 Å². The summed E-state index contributed by atoms with van der Waals surface area (Å²) in [5.74, 6) is -0.379. The van der Waals surface area contributed by atoms with Crippen LogP contribution in [-0.2, 0) is 0 Å². The highest BCUT2D eigenvalue weighted by molar-refractivity contribution is 5.92. The summed E-state index contributed by atoms with van der Waals surface area (Å²) in [6.45, 7) is 2.98. The Kier molecular flexibility index (Phi) is 7.46. The number of nitrogens with two attached hydrogens (primary N) is 2. The molecule has 14 heavy (non-hydrogen) atoms. The van der Waals surface area contributed by atoms with Crippen LogP contribution in [0.1, 0.15) is 30.1 Å². The second-order valence-corrected chi connectivity index (χ2v) is 2.87. The van der Waals surface area contributed by atoms with Gasteiger partial charge in [0.1, 0.15) is 0 Å². The summed E-state index contributed by atoms with van der Waals surface area (Å²) in [7, 11) is 0. The maximum Gasteiger partial charge on any atom is 0.248 e. The van der Waals surface area contributed by atoms with E-state index < -0.39 is 0 Å². The Morgan fingerprint density at radius 1 is 1.29 bits per heavy atom. The van der Waals surface area contributed by atoms with Crippen LogP contribution in [0.5, 0.6) is 0 Å². The molecule has 0 aromatic heterocycles. The maximum absolute atomic E-state index is 10.4. The zero-order chi connectivity index (χ0) is 10.8. The van der Waals surface area contributed by atoms with Crippen molar-refractivity contribution in [1.82, 2.24) is 0 Å². The molecule has 0 atom stereocenters. The van der Waals surface area contributed by atoms with Crippen molar-refractivity contribution in [2.75, 3.05) is 6.54 Å². The topological polar surface area (TPSA) is 69.1 Å². The van der Waals surface area contributed by atoms with Gasteiger partial charge < -0.3 is 11.5 Å². The monoisotopic (exact) mass is 194 g/mol. The smallest absolute Gasteiger partial charge is 0.248 e. The Morgan fingerprint density at radius 3 is 2.07 bits per heavy atom. The van der Waals surface area contributed by atoms with E-state index in [0.29, 0.717) is 5.56 Å². The van der Waals surface area contributed by atoms with Gasteiger partial charge in [0.2, 0.25) is 5.91 Å². The number of hydrogen-bond acceptors (Lipinski definition) is 2. The number of hydrogen-bond donors (Lipinski definition) is 2. The van der Waals surface area contributed by atoms with Gasteiger partial charge in [-0.3, -0.25) is 4.79 Å². The van der Waals surface area contributed by atoms with E-state index in [1.54, 1.807) is 24.3 Å². The number of amides is 1. The molecule has 3 heteroatoms. The lowest BCUT2D eigenvalue weighted by atomic mass is 10.2. The molecule has 0 spiro atoms. The quantitative estimate of drug-likeness (QED) is 0.766. The number of benzene rings is 1. The largest absolute Gasteiger partial charge is 0.366 e. The summed E-state index contributed by atoms with van der Waals surface area (Å²) in [6, 6.07) is 8.76. The fraction of sp³-hybridized carbons (Fsp3) is 0.364. The highest BCUT2D eigenvalue weighted by Crippen LogP contribution is 1.94. The zero-order valence-corrected chi connectivity index (χ0v) is 8.57. The lowest BCUT2D eigenvalue weighted by Gasteiger charge is -1.89. The van der Waals surface area contributed by atoms with Gasteiger partial charge in [-0.1, -0.05) is 31.5 Å². The molecule has 0 radical (unpaired) electrons. The van der Waals surface area contributed by atoms with Gasteiger partial charge in [-0.2, -0.15) is 0 Å². The molecule has 0 heterocycles. The Hall–Kier alpha value is -1.35. The minimum absolute atomic E-state index is 0.379. The average Bonchev–Trinajstić information content (AvgIpc) is 2.21. The number of rotatable bonds is 3. The number of carbonyl (C=O) groups is 1. The molecule has 1 amide bonds. The molecule has 0 aliphatic rings. The molecular formula is C11H18N2O. The zero-order valence-electron chi connectivity index (χ0n) is 8.57. The Balaban J connectivity index is 0.000000292. The van der Waals surface area contributed by atoms with E-state index in [0.717, 1.165) is 6.54 Å². The lowest BCUT2D eigenvalue weighted by molar-refractivity contribution is 0.100. The second-order valence-electron chi connectivity index (χ2n) is 2.87. The van der Waals surface area contributed by atoms with E-state index in [4.69, 9.17) is 11.5 Å². The molecule has 1 aromatic carbocycles. The molecule has 0 bridgehead atoms. The number of carbonyl (C=O) groups excluding carboxylic acids is 1. The second kappa shape index (κ2) is 8.26.